The van der Waals surface area contributed by atoms with Crippen LogP contribution in [0.2, 0.25) is 5.02 Å². The predicted octanol–water partition coefficient (Wildman–Crippen LogP) is 4.94. The molecule has 0 fully saturated rings. The summed E-state index contributed by atoms with van der Waals surface area (Å²) in [5.74, 6) is 0.990. The maximum Gasteiger partial charge on any atom is 0.144 e. The van der Waals surface area contributed by atoms with Gasteiger partial charge in [-0.2, -0.15) is 0 Å². The Morgan fingerprint density at radius 1 is 1.04 bits per heavy atom. The molecule has 2 aliphatic rings. The summed E-state index contributed by atoms with van der Waals surface area (Å²) in [6.07, 6.45) is 0. The van der Waals surface area contributed by atoms with Gasteiger partial charge < -0.3 is 9.84 Å². The smallest absolute Gasteiger partial charge is 0.144 e. The lowest BCUT2D eigenvalue weighted by Crippen LogP contribution is -2.01. The number of benzene rings is 2. The first-order valence-electron chi connectivity index (χ1n) is 7.50. The molecule has 0 saturated heterocycles. The second kappa shape index (κ2) is 5.65. The SMILES string of the molecule is COc1ccccc1-n1[nH]c2cc(O)cc-2c1-c1ccc(Cl)cc1. The van der Waals surface area contributed by atoms with Crippen LogP contribution in [0, 0.1) is 0 Å². The molecule has 0 amide bonds. The van der Waals surface area contributed by atoms with Crippen LogP contribution in [-0.4, -0.2) is 22.0 Å². The van der Waals surface area contributed by atoms with Crippen molar-refractivity contribution in [2.24, 2.45) is 0 Å². The lowest BCUT2D eigenvalue weighted by atomic mass is 10.1. The van der Waals surface area contributed by atoms with E-state index in [1.54, 1.807) is 19.2 Å². The van der Waals surface area contributed by atoms with E-state index in [0.29, 0.717) is 5.02 Å². The summed E-state index contributed by atoms with van der Waals surface area (Å²) in [7, 11) is 1.65. The highest BCUT2D eigenvalue weighted by atomic mass is 35.5. The third-order valence-electron chi connectivity index (χ3n) is 4.03. The number of hydrogen-bond donors (Lipinski definition) is 2. The molecule has 0 radical (unpaired) electrons. The quantitative estimate of drug-likeness (QED) is 0.555. The first-order chi connectivity index (χ1) is 11.7. The number of methoxy groups -OCH3 is 1. The maximum absolute atomic E-state index is 9.85. The van der Waals surface area contributed by atoms with E-state index in [1.807, 2.05) is 53.2 Å². The number of fused-ring (bicyclic) bond motifs is 1. The van der Waals surface area contributed by atoms with Crippen LogP contribution < -0.4 is 4.74 Å². The Morgan fingerprint density at radius 3 is 2.54 bits per heavy atom. The summed E-state index contributed by atoms with van der Waals surface area (Å²) < 4.78 is 7.46. The van der Waals surface area contributed by atoms with Crippen LogP contribution in [0.4, 0.5) is 0 Å². The standard InChI is InChI=1S/C19H15ClN2O2/c1-24-18-5-3-2-4-17(18)22-19(12-6-8-13(20)9-7-12)15-10-14(23)11-16(15)21-22/h2-11,21,23H,1H3. The number of nitrogens with one attached hydrogen (secondary N) is 1. The molecule has 2 N–H and O–H groups in total. The van der Waals surface area contributed by atoms with Crippen molar-refractivity contribution in [2.75, 3.05) is 7.11 Å². The summed E-state index contributed by atoms with van der Waals surface area (Å²) in [6, 6.07) is 18.9. The van der Waals surface area contributed by atoms with E-state index in [-0.39, 0.29) is 5.75 Å². The number of para-hydroxylation sites is 2. The van der Waals surface area contributed by atoms with E-state index >= 15 is 0 Å². The Balaban J connectivity index is 2.02. The number of aromatic nitrogens is 2. The molecule has 0 spiro atoms. The third-order valence-corrected chi connectivity index (χ3v) is 4.28. The summed E-state index contributed by atoms with van der Waals surface area (Å²) in [5, 5.41) is 13.9. The third kappa shape index (κ3) is 2.32. The van der Waals surface area contributed by atoms with Gasteiger partial charge in [-0.25, -0.2) is 0 Å². The van der Waals surface area contributed by atoms with Crippen LogP contribution in [0.5, 0.6) is 11.5 Å². The van der Waals surface area contributed by atoms with Crippen LogP contribution in [0.15, 0.2) is 60.7 Å². The Bertz CT molecular complexity index is 970. The maximum atomic E-state index is 9.85. The fraction of sp³-hybridized carbons (Fsp3) is 0.0526. The second-order valence-corrected chi connectivity index (χ2v) is 5.95. The van der Waals surface area contributed by atoms with Crippen LogP contribution in [0.25, 0.3) is 28.2 Å². The molecule has 120 valence electrons. The van der Waals surface area contributed by atoms with E-state index in [9.17, 15) is 5.11 Å². The monoisotopic (exact) mass is 338 g/mol. The van der Waals surface area contributed by atoms with Crippen molar-refractivity contribution in [1.29, 1.82) is 0 Å². The molecule has 1 heterocycles. The van der Waals surface area contributed by atoms with Crippen molar-refractivity contribution in [3.63, 3.8) is 0 Å². The van der Waals surface area contributed by atoms with E-state index < -0.39 is 0 Å². The van der Waals surface area contributed by atoms with Crippen LogP contribution in [-0.2, 0) is 0 Å². The van der Waals surface area contributed by atoms with Crippen molar-refractivity contribution in [2.45, 2.75) is 0 Å². The van der Waals surface area contributed by atoms with Gasteiger partial charge >= 0.3 is 0 Å². The highest BCUT2D eigenvalue weighted by molar-refractivity contribution is 6.30. The Morgan fingerprint density at radius 2 is 1.79 bits per heavy atom. The number of H-pyrrole nitrogens is 1. The van der Waals surface area contributed by atoms with Crippen molar-refractivity contribution in [3.8, 4) is 39.7 Å². The molecule has 4 rings (SSSR count). The largest absolute Gasteiger partial charge is 0.508 e. The molecule has 0 bridgehead atoms. The van der Waals surface area contributed by atoms with Gasteiger partial charge in [-0.05, 0) is 30.3 Å². The number of aromatic hydroxyl groups is 1. The first-order valence-corrected chi connectivity index (χ1v) is 7.88. The summed E-state index contributed by atoms with van der Waals surface area (Å²) >= 11 is 6.03. The Kier molecular flexibility index (Phi) is 3.47. The predicted molar refractivity (Wildman–Crippen MR) is 95.4 cm³/mol. The fourth-order valence-electron chi connectivity index (χ4n) is 2.97. The van der Waals surface area contributed by atoms with Crippen molar-refractivity contribution in [3.05, 3.63) is 65.7 Å². The molecule has 0 saturated carbocycles. The molecule has 2 aromatic rings. The van der Waals surface area contributed by atoms with Gasteiger partial charge in [0.25, 0.3) is 0 Å². The molecule has 0 atom stereocenters. The normalized spacial score (nSPS) is 11.1. The number of ether oxygens (including phenoxy) is 1. The highest BCUT2D eigenvalue weighted by Crippen LogP contribution is 2.41. The van der Waals surface area contributed by atoms with Gasteiger partial charge in [0.1, 0.15) is 17.2 Å². The summed E-state index contributed by atoms with van der Waals surface area (Å²) in [5.41, 5.74) is 4.60. The minimum Gasteiger partial charge on any atom is -0.508 e. The Labute approximate surface area is 144 Å². The van der Waals surface area contributed by atoms with Crippen molar-refractivity contribution >= 4 is 11.6 Å². The molecule has 0 unspecified atom stereocenters. The average molecular weight is 339 g/mol. The molecule has 1 aliphatic carbocycles. The number of halogens is 1. The first kappa shape index (κ1) is 14.7. The lowest BCUT2D eigenvalue weighted by molar-refractivity contribution is 0.412. The fourth-order valence-corrected chi connectivity index (χ4v) is 3.09. The zero-order chi connectivity index (χ0) is 16.7. The minimum atomic E-state index is 0.235. The van der Waals surface area contributed by atoms with Gasteiger partial charge in [-0.15, -0.1) is 0 Å². The van der Waals surface area contributed by atoms with Crippen molar-refractivity contribution in [1.82, 2.24) is 9.78 Å². The summed E-state index contributed by atoms with van der Waals surface area (Å²) in [6.45, 7) is 0. The van der Waals surface area contributed by atoms with Crippen LogP contribution in [0.1, 0.15) is 0 Å². The Hall–Kier alpha value is -2.85. The van der Waals surface area contributed by atoms with Gasteiger partial charge in [-0.1, -0.05) is 35.9 Å². The zero-order valence-electron chi connectivity index (χ0n) is 13.0. The number of aromatic amines is 1. The lowest BCUT2D eigenvalue weighted by Gasteiger charge is -2.13. The molecule has 0 aromatic heterocycles. The van der Waals surface area contributed by atoms with E-state index in [1.165, 1.54) is 0 Å². The van der Waals surface area contributed by atoms with E-state index in [0.717, 1.165) is 34.0 Å². The van der Waals surface area contributed by atoms with Gasteiger partial charge in [0, 0.05) is 22.2 Å². The van der Waals surface area contributed by atoms with Crippen LogP contribution in [0.3, 0.4) is 0 Å². The molecule has 24 heavy (non-hydrogen) atoms. The van der Waals surface area contributed by atoms with Crippen LogP contribution >= 0.6 is 11.6 Å². The van der Waals surface area contributed by atoms with Gasteiger partial charge in [0.15, 0.2) is 0 Å². The zero-order valence-corrected chi connectivity index (χ0v) is 13.7. The number of rotatable bonds is 3. The van der Waals surface area contributed by atoms with E-state index in [2.05, 4.69) is 5.10 Å². The van der Waals surface area contributed by atoms with Gasteiger partial charge in [0.2, 0.25) is 0 Å². The average Bonchev–Trinajstić information content (AvgIpc) is 3.11. The van der Waals surface area contributed by atoms with Gasteiger partial charge in [-0.3, -0.25) is 9.78 Å². The molecule has 1 aliphatic heterocycles. The van der Waals surface area contributed by atoms with Crippen molar-refractivity contribution < 1.29 is 9.84 Å². The highest BCUT2D eigenvalue weighted by Gasteiger charge is 2.21. The molecular formula is C19H15ClN2O2. The second-order valence-electron chi connectivity index (χ2n) is 5.52. The number of nitrogens with zero attached hydrogens (tertiary/aromatic N) is 1. The molecule has 4 nitrogen and oxygen atoms in total. The van der Waals surface area contributed by atoms with E-state index in [4.69, 9.17) is 16.3 Å². The topological polar surface area (TPSA) is 50.2 Å². The molecular weight excluding hydrogens is 324 g/mol. The molecule has 5 heteroatoms. The van der Waals surface area contributed by atoms with Gasteiger partial charge in [0.05, 0.1) is 18.5 Å². The minimum absolute atomic E-state index is 0.235. The summed E-state index contributed by atoms with van der Waals surface area (Å²) in [4.78, 5) is 0. The number of hydrogen-bond acceptors (Lipinski definition) is 2. The molecule has 2 aromatic carbocycles.